The Hall–Kier alpha value is -2.09. The summed E-state index contributed by atoms with van der Waals surface area (Å²) in [5, 5.41) is 11.8. The first kappa shape index (κ1) is 18.7. The smallest absolute Gasteiger partial charge is 0.176 e. The number of nitrogens with zero attached hydrogens (tertiary/aromatic N) is 2. The second kappa shape index (κ2) is 8.53. The van der Waals surface area contributed by atoms with Crippen molar-refractivity contribution in [3.05, 3.63) is 69.8 Å². The molecular formula is C18H16BrClN4OS. The number of aromatic nitrogens is 2. The van der Waals surface area contributed by atoms with Crippen molar-refractivity contribution in [3.8, 4) is 5.75 Å². The molecular weight excluding hydrogens is 436 g/mol. The first-order valence-electron chi connectivity index (χ1n) is 7.73. The Kier molecular flexibility index (Phi) is 6.13. The number of hydrogen-bond donors (Lipinski definition) is 2. The zero-order chi connectivity index (χ0) is 18.5. The third-order valence-corrected chi connectivity index (χ3v) is 4.72. The maximum absolute atomic E-state index is 6.21. The van der Waals surface area contributed by atoms with Crippen molar-refractivity contribution in [2.75, 3.05) is 17.7 Å². The summed E-state index contributed by atoms with van der Waals surface area (Å²) in [6.45, 7) is 0.566. The van der Waals surface area contributed by atoms with Gasteiger partial charge in [0, 0.05) is 23.0 Å². The van der Waals surface area contributed by atoms with Crippen LogP contribution in [0.3, 0.4) is 0 Å². The molecule has 3 aromatic rings. The average molecular weight is 452 g/mol. The van der Waals surface area contributed by atoms with Crippen LogP contribution in [-0.4, -0.2) is 22.0 Å². The zero-order valence-electron chi connectivity index (χ0n) is 13.9. The SMILES string of the molecule is COc1cccc(NC(=S)Nc2nn(Cc3ccccc3Cl)cc2Br)c1. The molecule has 0 saturated carbocycles. The quantitative estimate of drug-likeness (QED) is 0.524. The molecule has 0 fully saturated rings. The molecule has 0 aliphatic carbocycles. The number of benzene rings is 2. The van der Waals surface area contributed by atoms with E-state index in [1.807, 2.05) is 54.7 Å². The van der Waals surface area contributed by atoms with Crippen molar-refractivity contribution in [3.63, 3.8) is 0 Å². The van der Waals surface area contributed by atoms with E-state index in [9.17, 15) is 0 Å². The molecule has 0 aliphatic heterocycles. The average Bonchev–Trinajstić information content (AvgIpc) is 2.96. The number of ether oxygens (including phenoxy) is 1. The zero-order valence-corrected chi connectivity index (χ0v) is 17.0. The van der Waals surface area contributed by atoms with E-state index in [2.05, 4.69) is 31.7 Å². The lowest BCUT2D eigenvalue weighted by molar-refractivity contribution is 0.415. The standard InChI is InChI=1S/C18H16BrClN4OS/c1-25-14-7-4-6-13(9-14)21-18(26)22-17-15(19)11-24(23-17)10-12-5-2-3-8-16(12)20/h2-9,11H,10H2,1H3,(H2,21,22,23,26). The first-order chi connectivity index (χ1) is 12.5. The van der Waals surface area contributed by atoms with Gasteiger partial charge in [0.05, 0.1) is 18.1 Å². The van der Waals surface area contributed by atoms with Crippen LogP contribution in [0.25, 0.3) is 0 Å². The highest BCUT2D eigenvalue weighted by atomic mass is 79.9. The second-order valence-corrected chi connectivity index (χ2v) is 7.10. The van der Waals surface area contributed by atoms with Gasteiger partial charge < -0.3 is 15.4 Å². The van der Waals surface area contributed by atoms with E-state index in [-0.39, 0.29) is 0 Å². The van der Waals surface area contributed by atoms with Gasteiger partial charge in [0.25, 0.3) is 0 Å². The number of rotatable bonds is 5. The molecule has 8 heteroatoms. The minimum absolute atomic E-state index is 0.432. The topological polar surface area (TPSA) is 51.1 Å². The lowest BCUT2D eigenvalue weighted by Gasteiger charge is -2.10. The summed E-state index contributed by atoms with van der Waals surface area (Å²) in [5.74, 6) is 1.38. The van der Waals surface area contributed by atoms with Crippen molar-refractivity contribution >= 4 is 56.4 Å². The minimum atomic E-state index is 0.432. The Bertz CT molecular complexity index is 931. The fourth-order valence-electron chi connectivity index (χ4n) is 2.33. The predicted molar refractivity (Wildman–Crippen MR) is 113 cm³/mol. The van der Waals surface area contributed by atoms with E-state index in [0.717, 1.165) is 21.5 Å². The van der Waals surface area contributed by atoms with Gasteiger partial charge in [0.1, 0.15) is 5.75 Å². The molecule has 3 rings (SSSR count). The Morgan fingerprint density at radius 3 is 2.81 bits per heavy atom. The third kappa shape index (κ3) is 4.75. The Balaban J connectivity index is 1.67. The van der Waals surface area contributed by atoms with Crippen LogP contribution in [0.15, 0.2) is 59.2 Å². The number of nitrogens with one attached hydrogen (secondary N) is 2. The minimum Gasteiger partial charge on any atom is -0.497 e. The number of methoxy groups -OCH3 is 1. The van der Waals surface area contributed by atoms with E-state index in [1.54, 1.807) is 11.8 Å². The Morgan fingerprint density at radius 1 is 1.23 bits per heavy atom. The maximum atomic E-state index is 6.21. The number of anilines is 2. The van der Waals surface area contributed by atoms with E-state index in [1.165, 1.54) is 0 Å². The van der Waals surface area contributed by atoms with E-state index in [4.69, 9.17) is 28.6 Å². The summed E-state index contributed by atoms with van der Waals surface area (Å²) >= 11 is 15.1. The van der Waals surface area contributed by atoms with Crippen molar-refractivity contribution in [2.45, 2.75) is 6.54 Å². The molecule has 5 nitrogen and oxygen atoms in total. The van der Waals surface area contributed by atoms with Crippen molar-refractivity contribution in [1.82, 2.24) is 9.78 Å². The molecule has 0 radical (unpaired) electrons. The van der Waals surface area contributed by atoms with E-state index >= 15 is 0 Å². The molecule has 1 aromatic heterocycles. The summed E-state index contributed by atoms with van der Waals surface area (Å²) in [5.41, 5.74) is 1.82. The van der Waals surface area contributed by atoms with Gasteiger partial charge >= 0.3 is 0 Å². The van der Waals surface area contributed by atoms with Crippen LogP contribution >= 0.6 is 39.7 Å². The number of halogens is 2. The monoisotopic (exact) mass is 450 g/mol. The van der Waals surface area contributed by atoms with Gasteiger partial charge in [0.2, 0.25) is 0 Å². The highest BCUT2D eigenvalue weighted by Crippen LogP contribution is 2.23. The van der Waals surface area contributed by atoms with Crippen LogP contribution in [0.4, 0.5) is 11.5 Å². The molecule has 2 N–H and O–H groups in total. The van der Waals surface area contributed by atoms with Gasteiger partial charge in [-0.25, -0.2) is 0 Å². The van der Waals surface area contributed by atoms with Crippen LogP contribution in [0, 0.1) is 0 Å². The number of hydrogen-bond acceptors (Lipinski definition) is 3. The predicted octanol–water partition coefficient (Wildman–Crippen LogP) is 5.16. The fourth-order valence-corrected chi connectivity index (χ4v) is 3.16. The maximum Gasteiger partial charge on any atom is 0.176 e. The summed E-state index contributed by atoms with van der Waals surface area (Å²) in [7, 11) is 1.62. The molecule has 0 amide bonds. The first-order valence-corrected chi connectivity index (χ1v) is 9.31. The van der Waals surface area contributed by atoms with Crippen molar-refractivity contribution < 1.29 is 4.74 Å². The van der Waals surface area contributed by atoms with E-state index in [0.29, 0.717) is 22.5 Å². The largest absolute Gasteiger partial charge is 0.497 e. The van der Waals surface area contributed by atoms with Crippen LogP contribution in [0.5, 0.6) is 5.75 Å². The normalized spacial score (nSPS) is 10.4. The van der Waals surface area contributed by atoms with Crippen LogP contribution < -0.4 is 15.4 Å². The molecule has 2 aromatic carbocycles. The van der Waals surface area contributed by atoms with Gasteiger partial charge in [-0.05, 0) is 51.9 Å². The van der Waals surface area contributed by atoms with Gasteiger partial charge in [-0.1, -0.05) is 35.9 Å². The molecule has 0 atom stereocenters. The fraction of sp³-hybridized carbons (Fsp3) is 0.111. The van der Waals surface area contributed by atoms with Crippen LogP contribution in [-0.2, 0) is 6.54 Å². The highest BCUT2D eigenvalue weighted by molar-refractivity contribution is 9.10. The van der Waals surface area contributed by atoms with Crippen LogP contribution in [0.1, 0.15) is 5.56 Å². The molecule has 26 heavy (non-hydrogen) atoms. The molecule has 0 saturated heterocycles. The Labute approximate surface area is 170 Å². The highest BCUT2D eigenvalue weighted by Gasteiger charge is 2.10. The molecule has 0 spiro atoms. The summed E-state index contributed by atoms with van der Waals surface area (Å²) < 4.78 is 7.80. The number of thiocarbonyl (C=S) groups is 1. The molecule has 0 aliphatic rings. The molecule has 134 valence electrons. The molecule has 0 bridgehead atoms. The molecule has 1 heterocycles. The van der Waals surface area contributed by atoms with Gasteiger partial charge in [-0.2, -0.15) is 5.10 Å². The van der Waals surface area contributed by atoms with Gasteiger partial charge in [0.15, 0.2) is 10.9 Å². The third-order valence-electron chi connectivity index (χ3n) is 3.57. The van der Waals surface area contributed by atoms with Crippen molar-refractivity contribution in [2.24, 2.45) is 0 Å². The lowest BCUT2D eigenvalue weighted by atomic mass is 10.2. The van der Waals surface area contributed by atoms with E-state index < -0.39 is 0 Å². The Morgan fingerprint density at radius 2 is 2.04 bits per heavy atom. The summed E-state index contributed by atoms with van der Waals surface area (Å²) in [6.07, 6.45) is 1.87. The van der Waals surface area contributed by atoms with Crippen LogP contribution in [0.2, 0.25) is 5.02 Å². The summed E-state index contributed by atoms with van der Waals surface area (Å²) in [6, 6.07) is 15.2. The van der Waals surface area contributed by atoms with Crippen molar-refractivity contribution in [1.29, 1.82) is 0 Å². The molecule has 0 unspecified atom stereocenters. The van der Waals surface area contributed by atoms with Gasteiger partial charge in [-0.3, -0.25) is 4.68 Å². The second-order valence-electron chi connectivity index (χ2n) is 5.43. The summed E-state index contributed by atoms with van der Waals surface area (Å²) in [4.78, 5) is 0. The lowest BCUT2D eigenvalue weighted by Crippen LogP contribution is -2.19. The van der Waals surface area contributed by atoms with Gasteiger partial charge in [-0.15, -0.1) is 0 Å².